The van der Waals surface area contributed by atoms with Gasteiger partial charge in [0, 0.05) is 16.6 Å². The standard InChI is InChI=1S/C11H11Cl2NO3S/c1-6-4-8(18(13,16)17)5-9(12)10(6)14-11(15)7-2-3-7/h4-5,7H,2-3H2,1H3,(H,14,15). The van der Waals surface area contributed by atoms with Gasteiger partial charge in [0.05, 0.1) is 15.6 Å². The Kier molecular flexibility index (Phi) is 3.58. The third-order valence-electron chi connectivity index (χ3n) is 2.74. The first kappa shape index (κ1) is 13.6. The molecule has 0 bridgehead atoms. The number of hydrogen-bond donors (Lipinski definition) is 1. The van der Waals surface area contributed by atoms with Gasteiger partial charge in [0.2, 0.25) is 5.91 Å². The number of rotatable bonds is 3. The van der Waals surface area contributed by atoms with E-state index in [-0.39, 0.29) is 21.7 Å². The summed E-state index contributed by atoms with van der Waals surface area (Å²) in [5.74, 6) is -0.0293. The first-order valence-electron chi connectivity index (χ1n) is 5.34. The number of amides is 1. The van der Waals surface area contributed by atoms with E-state index in [4.69, 9.17) is 22.3 Å². The Hall–Kier alpha value is -0.780. The topological polar surface area (TPSA) is 63.2 Å². The van der Waals surface area contributed by atoms with Gasteiger partial charge in [-0.15, -0.1) is 0 Å². The highest BCUT2D eigenvalue weighted by Crippen LogP contribution is 2.34. The Morgan fingerprint density at radius 1 is 1.39 bits per heavy atom. The van der Waals surface area contributed by atoms with Gasteiger partial charge in [-0.3, -0.25) is 4.79 Å². The van der Waals surface area contributed by atoms with Gasteiger partial charge in [-0.25, -0.2) is 8.42 Å². The zero-order chi connectivity index (χ0) is 13.5. The lowest BCUT2D eigenvalue weighted by Gasteiger charge is -2.11. The number of nitrogens with one attached hydrogen (secondary N) is 1. The van der Waals surface area contributed by atoms with Crippen molar-refractivity contribution in [1.29, 1.82) is 0 Å². The van der Waals surface area contributed by atoms with Crippen LogP contribution in [-0.4, -0.2) is 14.3 Å². The van der Waals surface area contributed by atoms with Crippen LogP contribution in [0.25, 0.3) is 0 Å². The van der Waals surface area contributed by atoms with Gasteiger partial charge in [-0.1, -0.05) is 11.6 Å². The van der Waals surface area contributed by atoms with Gasteiger partial charge >= 0.3 is 0 Å². The minimum absolute atomic E-state index is 0.0527. The molecule has 1 amide bonds. The SMILES string of the molecule is Cc1cc(S(=O)(=O)Cl)cc(Cl)c1NC(=O)C1CC1. The molecule has 98 valence electrons. The summed E-state index contributed by atoms with van der Waals surface area (Å²) in [7, 11) is 1.43. The molecule has 1 saturated carbocycles. The summed E-state index contributed by atoms with van der Waals surface area (Å²) in [6.07, 6.45) is 1.77. The van der Waals surface area contributed by atoms with E-state index in [1.807, 2.05) is 0 Å². The van der Waals surface area contributed by atoms with Crippen molar-refractivity contribution >= 4 is 42.9 Å². The molecule has 0 spiro atoms. The largest absolute Gasteiger partial charge is 0.324 e. The number of halogens is 2. The van der Waals surface area contributed by atoms with E-state index >= 15 is 0 Å². The van der Waals surface area contributed by atoms with Crippen molar-refractivity contribution in [1.82, 2.24) is 0 Å². The van der Waals surface area contributed by atoms with Gasteiger partial charge in [0.25, 0.3) is 9.05 Å². The molecule has 18 heavy (non-hydrogen) atoms. The average Bonchev–Trinajstić information content (AvgIpc) is 3.04. The molecule has 1 fully saturated rings. The fourth-order valence-corrected chi connectivity index (χ4v) is 2.80. The number of hydrogen-bond acceptors (Lipinski definition) is 3. The fraction of sp³-hybridized carbons (Fsp3) is 0.364. The van der Waals surface area contributed by atoms with Crippen molar-refractivity contribution < 1.29 is 13.2 Å². The lowest BCUT2D eigenvalue weighted by Crippen LogP contribution is -2.14. The maximum absolute atomic E-state index is 11.6. The summed E-state index contributed by atoms with van der Waals surface area (Å²) in [4.78, 5) is 11.6. The summed E-state index contributed by atoms with van der Waals surface area (Å²) < 4.78 is 22.4. The molecule has 0 atom stereocenters. The molecule has 1 aromatic carbocycles. The number of aryl methyl sites for hydroxylation is 1. The monoisotopic (exact) mass is 307 g/mol. The van der Waals surface area contributed by atoms with Crippen LogP contribution in [0.3, 0.4) is 0 Å². The maximum atomic E-state index is 11.6. The molecule has 0 radical (unpaired) electrons. The molecule has 0 saturated heterocycles. The smallest absolute Gasteiger partial charge is 0.261 e. The minimum Gasteiger partial charge on any atom is -0.324 e. The van der Waals surface area contributed by atoms with E-state index in [9.17, 15) is 13.2 Å². The van der Waals surface area contributed by atoms with Gasteiger partial charge in [0.15, 0.2) is 0 Å². The molecule has 0 aromatic heterocycles. The highest BCUT2D eigenvalue weighted by atomic mass is 35.7. The molecule has 0 heterocycles. The number of carbonyl (C=O) groups excluding carboxylic acids is 1. The average molecular weight is 308 g/mol. The van der Waals surface area contributed by atoms with Gasteiger partial charge in [-0.2, -0.15) is 0 Å². The van der Waals surface area contributed by atoms with Gasteiger partial charge in [0.1, 0.15) is 0 Å². The molecule has 1 aliphatic carbocycles. The molecular weight excluding hydrogens is 297 g/mol. The lowest BCUT2D eigenvalue weighted by molar-refractivity contribution is -0.117. The highest BCUT2D eigenvalue weighted by molar-refractivity contribution is 8.13. The number of benzene rings is 1. The summed E-state index contributed by atoms with van der Waals surface area (Å²) in [6, 6.07) is 2.62. The normalized spacial score (nSPS) is 15.5. The summed E-state index contributed by atoms with van der Waals surface area (Å²) in [6.45, 7) is 1.67. The van der Waals surface area contributed by atoms with E-state index in [0.29, 0.717) is 11.3 Å². The van der Waals surface area contributed by atoms with E-state index in [2.05, 4.69) is 5.32 Å². The zero-order valence-electron chi connectivity index (χ0n) is 9.54. The van der Waals surface area contributed by atoms with Crippen LogP contribution in [0, 0.1) is 12.8 Å². The van der Waals surface area contributed by atoms with Gasteiger partial charge < -0.3 is 5.32 Å². The first-order chi connectivity index (χ1) is 8.29. The third kappa shape index (κ3) is 2.96. The number of carbonyl (C=O) groups is 1. The van der Waals surface area contributed by atoms with Crippen molar-refractivity contribution in [3.05, 3.63) is 22.7 Å². The van der Waals surface area contributed by atoms with Crippen LogP contribution in [0.2, 0.25) is 5.02 Å². The van der Waals surface area contributed by atoms with Crippen LogP contribution < -0.4 is 5.32 Å². The molecule has 0 unspecified atom stereocenters. The predicted molar refractivity (Wildman–Crippen MR) is 70.6 cm³/mol. The van der Waals surface area contributed by atoms with Gasteiger partial charge in [-0.05, 0) is 37.5 Å². The van der Waals surface area contributed by atoms with Crippen molar-refractivity contribution in [2.24, 2.45) is 5.92 Å². The number of anilines is 1. The van der Waals surface area contributed by atoms with Crippen molar-refractivity contribution in [3.8, 4) is 0 Å². The molecular formula is C11H11Cl2NO3S. The van der Waals surface area contributed by atoms with E-state index < -0.39 is 9.05 Å². The highest BCUT2D eigenvalue weighted by Gasteiger charge is 2.30. The van der Waals surface area contributed by atoms with Crippen molar-refractivity contribution in [2.75, 3.05) is 5.32 Å². The molecule has 4 nitrogen and oxygen atoms in total. The Labute approximate surface area is 115 Å². The maximum Gasteiger partial charge on any atom is 0.261 e. The molecule has 2 rings (SSSR count). The minimum atomic E-state index is -3.82. The molecule has 1 aromatic rings. The van der Waals surface area contributed by atoms with Crippen molar-refractivity contribution in [2.45, 2.75) is 24.7 Å². The Balaban J connectivity index is 2.34. The molecule has 1 N–H and O–H groups in total. The second-order valence-corrected chi connectivity index (χ2v) is 7.27. The molecule has 0 aliphatic heterocycles. The Bertz CT molecular complexity index is 586. The fourth-order valence-electron chi connectivity index (χ4n) is 1.58. The van der Waals surface area contributed by atoms with Crippen molar-refractivity contribution in [3.63, 3.8) is 0 Å². The predicted octanol–water partition coefficient (Wildman–Crippen LogP) is 2.92. The van der Waals surface area contributed by atoms with E-state index in [0.717, 1.165) is 12.8 Å². The zero-order valence-corrected chi connectivity index (χ0v) is 11.9. The van der Waals surface area contributed by atoms with Crippen LogP contribution in [0.5, 0.6) is 0 Å². The van der Waals surface area contributed by atoms with Crippen LogP contribution >= 0.6 is 22.3 Å². The molecule has 1 aliphatic rings. The third-order valence-corrected chi connectivity index (χ3v) is 4.37. The van der Waals surface area contributed by atoms with Crippen LogP contribution in [0.4, 0.5) is 5.69 Å². The van der Waals surface area contributed by atoms with E-state index in [1.165, 1.54) is 12.1 Å². The second kappa shape index (κ2) is 4.72. The Morgan fingerprint density at radius 2 is 2.00 bits per heavy atom. The molecule has 7 heteroatoms. The first-order valence-corrected chi connectivity index (χ1v) is 8.03. The van der Waals surface area contributed by atoms with Crippen LogP contribution in [0.1, 0.15) is 18.4 Å². The summed E-state index contributed by atoms with van der Waals surface area (Å²) in [5, 5.41) is 2.88. The Morgan fingerprint density at radius 3 is 2.44 bits per heavy atom. The summed E-state index contributed by atoms with van der Waals surface area (Å²) in [5.41, 5.74) is 1.01. The quantitative estimate of drug-likeness (QED) is 0.873. The second-order valence-electron chi connectivity index (χ2n) is 4.30. The lowest BCUT2D eigenvalue weighted by atomic mass is 10.2. The summed E-state index contributed by atoms with van der Waals surface area (Å²) >= 11 is 5.97. The van der Waals surface area contributed by atoms with E-state index in [1.54, 1.807) is 6.92 Å². The van der Waals surface area contributed by atoms with Crippen LogP contribution in [-0.2, 0) is 13.8 Å². The van der Waals surface area contributed by atoms with Crippen LogP contribution in [0.15, 0.2) is 17.0 Å².